The molecule has 0 bridgehead atoms. The van der Waals surface area contributed by atoms with E-state index < -0.39 is 29.5 Å². The Morgan fingerprint density at radius 2 is 2.00 bits per heavy atom. The van der Waals surface area contributed by atoms with Gasteiger partial charge in [-0.25, -0.2) is 4.79 Å². The van der Waals surface area contributed by atoms with E-state index in [1.54, 1.807) is 26.8 Å². The number of rotatable bonds is 3. The van der Waals surface area contributed by atoms with Crippen LogP contribution in [0.3, 0.4) is 0 Å². The van der Waals surface area contributed by atoms with Gasteiger partial charge in [0.15, 0.2) is 0 Å². The van der Waals surface area contributed by atoms with Gasteiger partial charge < -0.3 is 9.84 Å². The fraction of sp³-hybridized carbons (Fsp3) is 0.467. The molecule has 5 nitrogen and oxygen atoms in total. The van der Waals surface area contributed by atoms with Crippen molar-refractivity contribution in [2.45, 2.75) is 45.1 Å². The molecular weight excluding hydrogens is 313 g/mol. The van der Waals surface area contributed by atoms with Gasteiger partial charge in [-0.2, -0.15) is 18.4 Å². The number of aliphatic hydroxyl groups excluding tert-OH is 1. The summed E-state index contributed by atoms with van der Waals surface area (Å²) in [5, 5.41) is 20.6. The number of carbonyl (C=O) groups excluding carboxylic acids is 1. The normalized spacial score (nSPS) is 13.1. The largest absolute Gasteiger partial charge is 0.444 e. The van der Waals surface area contributed by atoms with Crippen LogP contribution in [0, 0.1) is 11.3 Å². The van der Waals surface area contributed by atoms with Gasteiger partial charge in [-0.05, 0) is 32.9 Å². The fourth-order valence-electron chi connectivity index (χ4n) is 1.74. The van der Waals surface area contributed by atoms with Gasteiger partial charge in [0.25, 0.3) is 0 Å². The van der Waals surface area contributed by atoms with Crippen LogP contribution in [0.5, 0.6) is 0 Å². The lowest BCUT2D eigenvalue weighted by Crippen LogP contribution is -2.27. The molecule has 0 saturated carbocycles. The van der Waals surface area contributed by atoms with Crippen LogP contribution in [0.25, 0.3) is 0 Å². The number of nitrogens with one attached hydrogen (secondary N) is 1. The van der Waals surface area contributed by atoms with Crippen molar-refractivity contribution in [1.82, 2.24) is 0 Å². The summed E-state index contributed by atoms with van der Waals surface area (Å²) in [6.07, 6.45) is -7.22. The van der Waals surface area contributed by atoms with E-state index in [4.69, 9.17) is 10.00 Å². The van der Waals surface area contributed by atoms with Crippen molar-refractivity contribution in [3.63, 3.8) is 0 Å². The van der Waals surface area contributed by atoms with Gasteiger partial charge in [-0.3, -0.25) is 5.32 Å². The van der Waals surface area contributed by atoms with Crippen LogP contribution in [0.2, 0.25) is 0 Å². The molecule has 0 fully saturated rings. The second kappa shape index (κ2) is 6.87. The molecule has 0 saturated heterocycles. The van der Waals surface area contributed by atoms with E-state index >= 15 is 0 Å². The number of anilines is 1. The molecule has 0 aliphatic rings. The molecule has 1 amide bonds. The third kappa shape index (κ3) is 5.79. The predicted octanol–water partition coefficient (Wildman–Crippen LogP) is 4.00. The second-order valence-corrected chi connectivity index (χ2v) is 5.80. The Kier molecular flexibility index (Phi) is 5.61. The first kappa shape index (κ1) is 18.8. The molecule has 1 unspecified atom stereocenters. The number of halogens is 3. The first-order valence-corrected chi connectivity index (χ1v) is 6.70. The van der Waals surface area contributed by atoms with Gasteiger partial charge in [0, 0.05) is 5.56 Å². The third-order valence-corrected chi connectivity index (χ3v) is 2.66. The first-order valence-electron chi connectivity index (χ1n) is 6.70. The van der Waals surface area contributed by atoms with Crippen LogP contribution < -0.4 is 5.32 Å². The number of alkyl halides is 3. The standard InChI is InChI=1S/C15H17F3N2O3/c1-14(2,3)23-13(22)20-11-8-9(15(16,17)18)4-5-10(11)12(21)6-7-19/h4-5,8,12,21H,6H2,1-3H3,(H,20,22). The Labute approximate surface area is 131 Å². The molecule has 23 heavy (non-hydrogen) atoms. The molecule has 0 radical (unpaired) electrons. The highest BCUT2D eigenvalue weighted by molar-refractivity contribution is 5.86. The number of nitriles is 1. The molecule has 0 heterocycles. The topological polar surface area (TPSA) is 82.3 Å². The van der Waals surface area contributed by atoms with Crippen molar-refractivity contribution in [3.8, 4) is 6.07 Å². The van der Waals surface area contributed by atoms with Crippen molar-refractivity contribution >= 4 is 11.8 Å². The van der Waals surface area contributed by atoms with E-state index in [-0.39, 0.29) is 17.7 Å². The molecule has 8 heteroatoms. The zero-order valence-electron chi connectivity index (χ0n) is 12.9. The zero-order valence-corrected chi connectivity index (χ0v) is 12.9. The van der Waals surface area contributed by atoms with E-state index in [2.05, 4.69) is 5.32 Å². The average molecular weight is 330 g/mol. The van der Waals surface area contributed by atoms with Gasteiger partial charge >= 0.3 is 12.3 Å². The highest BCUT2D eigenvalue weighted by atomic mass is 19.4. The van der Waals surface area contributed by atoms with Crippen molar-refractivity contribution in [2.24, 2.45) is 0 Å². The minimum absolute atomic E-state index is 0.00501. The molecule has 126 valence electrons. The second-order valence-electron chi connectivity index (χ2n) is 5.80. The lowest BCUT2D eigenvalue weighted by Gasteiger charge is -2.21. The van der Waals surface area contributed by atoms with E-state index in [1.165, 1.54) is 0 Å². The predicted molar refractivity (Wildman–Crippen MR) is 76.5 cm³/mol. The van der Waals surface area contributed by atoms with Crippen LogP contribution in [0.1, 0.15) is 44.4 Å². The van der Waals surface area contributed by atoms with E-state index in [1.807, 2.05) is 0 Å². The quantitative estimate of drug-likeness (QED) is 0.877. The van der Waals surface area contributed by atoms with Crippen LogP contribution in [0.4, 0.5) is 23.7 Å². The van der Waals surface area contributed by atoms with Gasteiger partial charge in [0.05, 0.1) is 29.8 Å². The maximum Gasteiger partial charge on any atom is 0.416 e. The monoisotopic (exact) mass is 330 g/mol. The van der Waals surface area contributed by atoms with Crippen LogP contribution >= 0.6 is 0 Å². The molecule has 1 aromatic rings. The number of aliphatic hydroxyl groups is 1. The summed E-state index contributed by atoms with van der Waals surface area (Å²) in [5.74, 6) is 0. The molecule has 0 aliphatic heterocycles. The number of hydrogen-bond donors (Lipinski definition) is 2. The van der Waals surface area contributed by atoms with E-state index in [0.29, 0.717) is 6.07 Å². The number of benzene rings is 1. The number of carbonyl (C=O) groups is 1. The number of amides is 1. The number of nitrogens with zero attached hydrogens (tertiary/aromatic N) is 1. The molecule has 1 aromatic carbocycles. The molecule has 0 aromatic heterocycles. The van der Waals surface area contributed by atoms with Crippen LogP contribution in [-0.4, -0.2) is 16.8 Å². The minimum Gasteiger partial charge on any atom is -0.444 e. The van der Waals surface area contributed by atoms with E-state index in [0.717, 1.165) is 12.1 Å². The average Bonchev–Trinajstić information content (AvgIpc) is 2.35. The SMILES string of the molecule is CC(C)(C)OC(=O)Nc1cc(C(F)(F)F)ccc1C(O)CC#N. The van der Waals surface area contributed by atoms with Crippen LogP contribution in [-0.2, 0) is 10.9 Å². The van der Waals surface area contributed by atoms with Crippen molar-refractivity contribution in [3.05, 3.63) is 29.3 Å². The Bertz CT molecular complexity index is 616. The molecule has 1 rings (SSSR count). The number of ether oxygens (including phenoxy) is 1. The molecule has 0 spiro atoms. The van der Waals surface area contributed by atoms with Crippen LogP contribution in [0.15, 0.2) is 18.2 Å². The highest BCUT2D eigenvalue weighted by Crippen LogP contribution is 2.34. The molecule has 0 aliphatic carbocycles. The lowest BCUT2D eigenvalue weighted by molar-refractivity contribution is -0.137. The summed E-state index contributed by atoms with van der Waals surface area (Å²) in [6.45, 7) is 4.80. The van der Waals surface area contributed by atoms with Gasteiger partial charge in [-0.15, -0.1) is 0 Å². The summed E-state index contributed by atoms with van der Waals surface area (Å²) >= 11 is 0. The molecule has 1 atom stereocenters. The van der Waals surface area contributed by atoms with Gasteiger partial charge in [-0.1, -0.05) is 6.07 Å². The summed E-state index contributed by atoms with van der Waals surface area (Å²) < 4.78 is 43.4. The summed E-state index contributed by atoms with van der Waals surface area (Å²) in [7, 11) is 0. The molecular formula is C15H17F3N2O3. The minimum atomic E-state index is -4.61. The molecule has 2 N–H and O–H groups in total. The zero-order chi connectivity index (χ0) is 17.8. The van der Waals surface area contributed by atoms with Crippen molar-refractivity contribution in [1.29, 1.82) is 5.26 Å². The Morgan fingerprint density at radius 3 is 2.48 bits per heavy atom. The third-order valence-electron chi connectivity index (χ3n) is 2.66. The van der Waals surface area contributed by atoms with E-state index in [9.17, 15) is 23.1 Å². The highest BCUT2D eigenvalue weighted by Gasteiger charge is 2.32. The number of hydrogen-bond acceptors (Lipinski definition) is 4. The smallest absolute Gasteiger partial charge is 0.416 e. The summed E-state index contributed by atoms with van der Waals surface area (Å²) in [6, 6.07) is 4.21. The Morgan fingerprint density at radius 1 is 1.39 bits per heavy atom. The Balaban J connectivity index is 3.18. The van der Waals surface area contributed by atoms with Crippen molar-refractivity contribution in [2.75, 3.05) is 5.32 Å². The fourth-order valence-corrected chi connectivity index (χ4v) is 1.74. The maximum absolute atomic E-state index is 12.8. The maximum atomic E-state index is 12.8. The lowest BCUT2D eigenvalue weighted by atomic mass is 10.0. The first-order chi connectivity index (χ1) is 10.4. The summed E-state index contributed by atoms with van der Waals surface area (Å²) in [4.78, 5) is 11.8. The Hall–Kier alpha value is -2.27. The summed E-state index contributed by atoms with van der Waals surface area (Å²) in [5.41, 5.74) is -2.07. The van der Waals surface area contributed by atoms with Gasteiger partial charge in [0.2, 0.25) is 0 Å². The van der Waals surface area contributed by atoms with Gasteiger partial charge in [0.1, 0.15) is 5.60 Å². The van der Waals surface area contributed by atoms with Crippen molar-refractivity contribution < 1.29 is 27.8 Å².